The second-order valence-corrected chi connectivity index (χ2v) is 3.79. The van der Waals surface area contributed by atoms with Gasteiger partial charge in [0.25, 0.3) is 0 Å². The average Bonchev–Trinajstić information content (AvgIpc) is 2.80. The summed E-state index contributed by atoms with van der Waals surface area (Å²) >= 11 is 0. The Morgan fingerprint density at radius 3 is 2.50 bits per heavy atom. The van der Waals surface area contributed by atoms with Crippen LogP contribution in [0.2, 0.25) is 0 Å². The standard InChI is InChI=1S/C13H15N3/c1-15(2)13-6-4-12(5-7-13)8-11-16-10-3-9-14-16/h3-11H,1-2H3/b11-8-. The summed E-state index contributed by atoms with van der Waals surface area (Å²) < 4.78 is 1.78. The second-order valence-electron chi connectivity index (χ2n) is 3.79. The first kappa shape index (κ1) is 10.5. The lowest BCUT2D eigenvalue weighted by Crippen LogP contribution is -2.07. The molecule has 0 saturated carbocycles. The van der Waals surface area contributed by atoms with Crippen LogP contribution in [0.1, 0.15) is 5.56 Å². The monoisotopic (exact) mass is 213 g/mol. The molecule has 0 aliphatic carbocycles. The van der Waals surface area contributed by atoms with Gasteiger partial charge in [0.2, 0.25) is 0 Å². The number of anilines is 1. The minimum Gasteiger partial charge on any atom is -0.378 e. The van der Waals surface area contributed by atoms with E-state index >= 15 is 0 Å². The summed E-state index contributed by atoms with van der Waals surface area (Å²) in [5, 5.41) is 4.10. The van der Waals surface area contributed by atoms with Crippen molar-refractivity contribution in [1.29, 1.82) is 0 Å². The molecular formula is C13H15N3. The van der Waals surface area contributed by atoms with Crippen LogP contribution < -0.4 is 4.90 Å². The molecule has 0 aliphatic rings. The zero-order chi connectivity index (χ0) is 11.4. The van der Waals surface area contributed by atoms with Crippen LogP contribution in [-0.2, 0) is 0 Å². The minimum absolute atomic E-state index is 1.17. The quantitative estimate of drug-likeness (QED) is 0.781. The highest BCUT2D eigenvalue weighted by atomic mass is 15.2. The van der Waals surface area contributed by atoms with Crippen LogP contribution in [0.25, 0.3) is 12.3 Å². The van der Waals surface area contributed by atoms with Crippen LogP contribution in [0, 0.1) is 0 Å². The summed E-state index contributed by atoms with van der Waals surface area (Å²) in [6, 6.07) is 10.3. The molecule has 0 aliphatic heterocycles. The van der Waals surface area contributed by atoms with Crippen molar-refractivity contribution in [3.63, 3.8) is 0 Å². The predicted octanol–water partition coefficient (Wildman–Crippen LogP) is 2.58. The third-order valence-electron chi connectivity index (χ3n) is 2.35. The summed E-state index contributed by atoms with van der Waals surface area (Å²) in [7, 11) is 4.07. The van der Waals surface area contributed by atoms with Crippen LogP contribution in [0.4, 0.5) is 5.69 Å². The molecule has 2 aromatic rings. The molecule has 1 aromatic heterocycles. The van der Waals surface area contributed by atoms with Crippen molar-refractivity contribution < 1.29 is 0 Å². The van der Waals surface area contributed by atoms with Crippen molar-refractivity contribution in [2.75, 3.05) is 19.0 Å². The van der Waals surface area contributed by atoms with Crippen molar-refractivity contribution in [2.24, 2.45) is 0 Å². The van der Waals surface area contributed by atoms with Crippen LogP contribution in [0.5, 0.6) is 0 Å². The number of rotatable bonds is 3. The number of aromatic nitrogens is 2. The molecule has 0 atom stereocenters. The van der Waals surface area contributed by atoms with E-state index in [0.717, 1.165) is 0 Å². The molecule has 16 heavy (non-hydrogen) atoms. The molecule has 0 bridgehead atoms. The van der Waals surface area contributed by atoms with Gasteiger partial charge in [-0.2, -0.15) is 5.10 Å². The highest BCUT2D eigenvalue weighted by Gasteiger charge is 1.93. The highest BCUT2D eigenvalue weighted by molar-refractivity contribution is 5.62. The fourth-order valence-corrected chi connectivity index (χ4v) is 1.41. The topological polar surface area (TPSA) is 21.1 Å². The molecule has 82 valence electrons. The molecular weight excluding hydrogens is 198 g/mol. The van der Waals surface area contributed by atoms with Gasteiger partial charge in [0.15, 0.2) is 0 Å². The highest BCUT2D eigenvalue weighted by Crippen LogP contribution is 2.13. The fourth-order valence-electron chi connectivity index (χ4n) is 1.41. The lowest BCUT2D eigenvalue weighted by molar-refractivity contribution is 0.938. The van der Waals surface area contributed by atoms with Crippen molar-refractivity contribution in [3.8, 4) is 0 Å². The van der Waals surface area contributed by atoms with Crippen molar-refractivity contribution in [2.45, 2.75) is 0 Å². The molecule has 1 heterocycles. The lowest BCUT2D eigenvalue weighted by Gasteiger charge is -2.11. The van der Waals surface area contributed by atoms with Crippen molar-refractivity contribution in [3.05, 3.63) is 48.3 Å². The van der Waals surface area contributed by atoms with Gasteiger partial charge in [-0.3, -0.25) is 0 Å². The summed E-state index contributed by atoms with van der Waals surface area (Å²) in [5.74, 6) is 0. The van der Waals surface area contributed by atoms with Gasteiger partial charge in [-0.05, 0) is 29.8 Å². The molecule has 3 heteroatoms. The Morgan fingerprint density at radius 2 is 1.94 bits per heavy atom. The Kier molecular flexibility index (Phi) is 3.05. The van der Waals surface area contributed by atoms with Crippen molar-refractivity contribution >= 4 is 18.0 Å². The maximum Gasteiger partial charge on any atom is 0.0493 e. The molecule has 3 nitrogen and oxygen atoms in total. The summed E-state index contributed by atoms with van der Waals surface area (Å²) in [6.07, 6.45) is 7.64. The van der Waals surface area contributed by atoms with E-state index in [1.807, 2.05) is 38.6 Å². The van der Waals surface area contributed by atoms with Gasteiger partial charge in [0.1, 0.15) is 0 Å². The smallest absolute Gasteiger partial charge is 0.0493 e. The van der Waals surface area contributed by atoms with E-state index in [1.54, 1.807) is 10.9 Å². The van der Waals surface area contributed by atoms with Crippen molar-refractivity contribution in [1.82, 2.24) is 9.78 Å². The average molecular weight is 213 g/mol. The van der Waals surface area contributed by atoms with Crippen LogP contribution in [-0.4, -0.2) is 23.9 Å². The van der Waals surface area contributed by atoms with Crippen LogP contribution >= 0.6 is 0 Å². The Morgan fingerprint density at radius 1 is 1.19 bits per heavy atom. The van der Waals surface area contributed by atoms with Gasteiger partial charge in [0, 0.05) is 38.4 Å². The normalized spacial score (nSPS) is 10.9. The first-order chi connectivity index (χ1) is 7.75. The molecule has 1 aromatic carbocycles. The van der Waals surface area contributed by atoms with Gasteiger partial charge in [-0.1, -0.05) is 12.1 Å². The lowest BCUT2D eigenvalue weighted by atomic mass is 10.2. The summed E-state index contributed by atoms with van der Waals surface area (Å²) in [4.78, 5) is 2.08. The Bertz CT molecular complexity index is 452. The van der Waals surface area contributed by atoms with E-state index < -0.39 is 0 Å². The maximum atomic E-state index is 4.10. The van der Waals surface area contributed by atoms with E-state index in [9.17, 15) is 0 Å². The van der Waals surface area contributed by atoms with Gasteiger partial charge in [-0.15, -0.1) is 0 Å². The summed E-state index contributed by atoms with van der Waals surface area (Å²) in [5.41, 5.74) is 2.37. The molecule has 0 N–H and O–H groups in total. The molecule has 0 fully saturated rings. The van der Waals surface area contributed by atoms with Crippen LogP contribution in [0.15, 0.2) is 42.7 Å². The first-order valence-electron chi connectivity index (χ1n) is 5.20. The maximum absolute atomic E-state index is 4.10. The third-order valence-corrected chi connectivity index (χ3v) is 2.35. The van der Waals surface area contributed by atoms with E-state index in [1.165, 1.54) is 11.3 Å². The zero-order valence-corrected chi connectivity index (χ0v) is 9.54. The van der Waals surface area contributed by atoms with Gasteiger partial charge in [0.05, 0.1) is 0 Å². The molecule has 2 rings (SSSR count). The number of nitrogens with zero attached hydrogens (tertiary/aromatic N) is 3. The first-order valence-corrected chi connectivity index (χ1v) is 5.20. The zero-order valence-electron chi connectivity index (χ0n) is 9.54. The Balaban J connectivity index is 2.11. The Labute approximate surface area is 95.6 Å². The SMILES string of the molecule is CN(C)c1ccc(/C=C\n2cccn2)cc1. The molecule has 0 unspecified atom stereocenters. The van der Waals surface area contributed by atoms with E-state index in [-0.39, 0.29) is 0 Å². The molecule has 0 saturated heterocycles. The summed E-state index contributed by atoms with van der Waals surface area (Å²) in [6.45, 7) is 0. The molecule has 0 spiro atoms. The largest absolute Gasteiger partial charge is 0.378 e. The number of benzene rings is 1. The Hall–Kier alpha value is -2.03. The third kappa shape index (κ3) is 2.51. The number of hydrogen-bond donors (Lipinski definition) is 0. The van der Waals surface area contributed by atoms with Crippen LogP contribution in [0.3, 0.4) is 0 Å². The van der Waals surface area contributed by atoms with E-state index in [4.69, 9.17) is 0 Å². The van der Waals surface area contributed by atoms with Gasteiger partial charge in [-0.25, -0.2) is 4.68 Å². The van der Waals surface area contributed by atoms with Gasteiger partial charge >= 0.3 is 0 Å². The molecule has 0 amide bonds. The van der Waals surface area contributed by atoms with E-state index in [0.29, 0.717) is 0 Å². The molecule has 0 radical (unpaired) electrons. The van der Waals surface area contributed by atoms with Gasteiger partial charge < -0.3 is 4.90 Å². The second kappa shape index (κ2) is 4.66. The number of hydrogen-bond acceptors (Lipinski definition) is 2. The van der Waals surface area contributed by atoms with E-state index in [2.05, 4.69) is 34.3 Å². The fraction of sp³-hybridized carbons (Fsp3) is 0.154. The predicted molar refractivity (Wildman–Crippen MR) is 68.2 cm³/mol. The minimum atomic E-state index is 1.17.